The van der Waals surface area contributed by atoms with Crippen molar-refractivity contribution < 1.29 is 14.6 Å². The molecule has 5 heteroatoms. The normalized spacial score (nSPS) is 18.5. The molecule has 0 saturated heterocycles. The largest absolute Gasteiger partial charge is 0.489 e. The van der Waals surface area contributed by atoms with Gasteiger partial charge in [-0.1, -0.05) is 0 Å². The highest BCUT2D eigenvalue weighted by atomic mass is 16.5. The van der Waals surface area contributed by atoms with E-state index in [1.54, 1.807) is 18.2 Å². The first-order valence-electron chi connectivity index (χ1n) is 5.56. The fourth-order valence-electron chi connectivity index (χ4n) is 2.02. The number of benzene rings is 1. The molecule has 0 radical (unpaired) electrons. The predicted octanol–water partition coefficient (Wildman–Crippen LogP) is 0.931. The highest BCUT2D eigenvalue weighted by molar-refractivity contribution is 5.89. The number of hydrogen-bond donors (Lipinski definition) is 2. The number of nitrogens with two attached hydrogens (primary N) is 1. The predicted molar refractivity (Wildman–Crippen MR) is 64.8 cm³/mol. The standard InChI is InChI=1S/C12H16N2O3/c1-14-9(4-5-13)7-17-11-6-8(12(15)16)2-3-10(11)14/h2-3,6,9H,4-5,7,13H2,1H3,(H,15,16). The van der Waals surface area contributed by atoms with Crippen LogP contribution >= 0.6 is 0 Å². The van der Waals surface area contributed by atoms with Gasteiger partial charge in [0.1, 0.15) is 12.4 Å². The number of fused-ring (bicyclic) bond motifs is 1. The zero-order chi connectivity index (χ0) is 12.4. The summed E-state index contributed by atoms with van der Waals surface area (Å²) in [6.45, 7) is 1.16. The van der Waals surface area contributed by atoms with Crippen LogP contribution in [0.4, 0.5) is 5.69 Å². The van der Waals surface area contributed by atoms with Crippen molar-refractivity contribution in [2.24, 2.45) is 5.73 Å². The third kappa shape index (κ3) is 2.19. The second kappa shape index (κ2) is 4.63. The van der Waals surface area contributed by atoms with Crippen LogP contribution in [0.2, 0.25) is 0 Å². The van der Waals surface area contributed by atoms with Gasteiger partial charge in [-0.15, -0.1) is 0 Å². The molecule has 0 aliphatic carbocycles. The lowest BCUT2D eigenvalue weighted by Crippen LogP contribution is -2.41. The summed E-state index contributed by atoms with van der Waals surface area (Å²) >= 11 is 0. The maximum atomic E-state index is 10.8. The van der Waals surface area contributed by atoms with Gasteiger partial charge in [0.25, 0.3) is 0 Å². The summed E-state index contributed by atoms with van der Waals surface area (Å²) in [6, 6.07) is 5.18. The molecule has 0 aromatic heterocycles. The number of likely N-dealkylation sites (N-methyl/N-ethyl adjacent to an activating group) is 1. The summed E-state index contributed by atoms with van der Waals surface area (Å²) in [7, 11) is 1.97. The second-order valence-corrected chi connectivity index (χ2v) is 4.14. The van der Waals surface area contributed by atoms with E-state index in [9.17, 15) is 4.79 Å². The van der Waals surface area contributed by atoms with Crippen LogP contribution in [0, 0.1) is 0 Å². The molecule has 1 atom stereocenters. The van der Waals surface area contributed by atoms with Crippen LogP contribution in [-0.4, -0.2) is 37.3 Å². The zero-order valence-corrected chi connectivity index (χ0v) is 9.72. The summed E-state index contributed by atoms with van der Waals surface area (Å²) in [5.41, 5.74) is 6.71. The molecule has 3 N–H and O–H groups in total. The molecule has 0 spiro atoms. The molecule has 5 nitrogen and oxygen atoms in total. The van der Waals surface area contributed by atoms with Crippen molar-refractivity contribution >= 4 is 11.7 Å². The van der Waals surface area contributed by atoms with Crippen molar-refractivity contribution in [1.29, 1.82) is 0 Å². The second-order valence-electron chi connectivity index (χ2n) is 4.14. The molecule has 1 heterocycles. The van der Waals surface area contributed by atoms with Crippen LogP contribution < -0.4 is 15.4 Å². The van der Waals surface area contributed by atoms with Crippen molar-refractivity contribution in [3.63, 3.8) is 0 Å². The van der Waals surface area contributed by atoms with E-state index in [0.29, 0.717) is 18.9 Å². The van der Waals surface area contributed by atoms with Crippen molar-refractivity contribution in [3.8, 4) is 5.75 Å². The maximum absolute atomic E-state index is 10.8. The molecule has 1 aromatic carbocycles. The van der Waals surface area contributed by atoms with Gasteiger partial charge < -0.3 is 20.5 Å². The topological polar surface area (TPSA) is 75.8 Å². The first-order valence-corrected chi connectivity index (χ1v) is 5.56. The zero-order valence-electron chi connectivity index (χ0n) is 9.72. The van der Waals surface area contributed by atoms with Crippen molar-refractivity contribution in [2.45, 2.75) is 12.5 Å². The SMILES string of the molecule is CN1c2ccc(C(=O)O)cc2OCC1CCN. The number of hydrogen-bond acceptors (Lipinski definition) is 4. The smallest absolute Gasteiger partial charge is 0.335 e. The fourth-order valence-corrected chi connectivity index (χ4v) is 2.02. The van der Waals surface area contributed by atoms with E-state index in [4.69, 9.17) is 15.6 Å². The van der Waals surface area contributed by atoms with E-state index in [1.165, 1.54) is 0 Å². The van der Waals surface area contributed by atoms with Crippen LogP contribution in [0.15, 0.2) is 18.2 Å². The molecule has 0 bridgehead atoms. The van der Waals surface area contributed by atoms with Gasteiger partial charge in [0.15, 0.2) is 0 Å². The molecule has 1 unspecified atom stereocenters. The Kier molecular flexibility index (Phi) is 3.19. The Bertz CT molecular complexity index is 434. The van der Waals surface area contributed by atoms with Crippen molar-refractivity contribution in [3.05, 3.63) is 23.8 Å². The first-order chi connectivity index (χ1) is 8.13. The lowest BCUT2D eigenvalue weighted by molar-refractivity contribution is 0.0696. The molecular formula is C12H16N2O3. The molecule has 0 amide bonds. The molecule has 92 valence electrons. The average molecular weight is 236 g/mol. The van der Waals surface area contributed by atoms with Crippen LogP contribution in [0.3, 0.4) is 0 Å². The lowest BCUT2D eigenvalue weighted by atomic mass is 10.1. The van der Waals surface area contributed by atoms with Gasteiger partial charge in [-0.05, 0) is 31.2 Å². The highest BCUT2D eigenvalue weighted by Gasteiger charge is 2.24. The van der Waals surface area contributed by atoms with Gasteiger partial charge in [0, 0.05) is 7.05 Å². The maximum Gasteiger partial charge on any atom is 0.335 e. The van der Waals surface area contributed by atoms with Gasteiger partial charge in [-0.2, -0.15) is 0 Å². The molecule has 0 fully saturated rings. The molecule has 1 aliphatic heterocycles. The first kappa shape index (κ1) is 11.7. The van der Waals surface area contributed by atoms with E-state index >= 15 is 0 Å². The van der Waals surface area contributed by atoms with Gasteiger partial charge in [-0.3, -0.25) is 0 Å². The summed E-state index contributed by atoms with van der Waals surface area (Å²) in [5.74, 6) is -0.316. The van der Waals surface area contributed by atoms with E-state index in [-0.39, 0.29) is 11.6 Å². The lowest BCUT2D eigenvalue weighted by Gasteiger charge is -2.35. The Morgan fingerprint density at radius 2 is 2.41 bits per heavy atom. The van der Waals surface area contributed by atoms with Gasteiger partial charge in [0.05, 0.1) is 17.3 Å². The van der Waals surface area contributed by atoms with Gasteiger partial charge in [-0.25, -0.2) is 4.79 Å². The third-order valence-corrected chi connectivity index (χ3v) is 3.07. The molecule has 1 aromatic rings. The number of carboxylic acid groups (broad SMARTS) is 1. The number of nitrogens with zero attached hydrogens (tertiary/aromatic N) is 1. The number of ether oxygens (including phenoxy) is 1. The number of aromatic carboxylic acids is 1. The Balaban J connectivity index is 2.29. The molecule has 0 saturated carbocycles. The quantitative estimate of drug-likeness (QED) is 0.816. The summed E-state index contributed by atoms with van der Waals surface area (Å²) in [6.07, 6.45) is 0.858. The Hall–Kier alpha value is -1.75. The minimum atomic E-state index is -0.942. The fraction of sp³-hybridized carbons (Fsp3) is 0.417. The van der Waals surface area contributed by atoms with Crippen LogP contribution in [0.1, 0.15) is 16.8 Å². The van der Waals surface area contributed by atoms with Crippen molar-refractivity contribution in [1.82, 2.24) is 0 Å². The van der Waals surface area contributed by atoms with Crippen LogP contribution in [0.5, 0.6) is 5.75 Å². The number of rotatable bonds is 3. The monoisotopic (exact) mass is 236 g/mol. The highest BCUT2D eigenvalue weighted by Crippen LogP contribution is 2.34. The Morgan fingerprint density at radius 1 is 1.65 bits per heavy atom. The molecule has 1 aliphatic rings. The number of carbonyl (C=O) groups is 1. The number of anilines is 1. The average Bonchev–Trinajstić information content (AvgIpc) is 2.32. The minimum absolute atomic E-state index is 0.245. The van der Waals surface area contributed by atoms with E-state index in [2.05, 4.69) is 4.90 Å². The molecule has 17 heavy (non-hydrogen) atoms. The summed E-state index contributed by atoms with van der Waals surface area (Å²) < 4.78 is 5.59. The third-order valence-electron chi connectivity index (χ3n) is 3.07. The van der Waals surface area contributed by atoms with Crippen LogP contribution in [-0.2, 0) is 0 Å². The van der Waals surface area contributed by atoms with E-state index in [1.807, 2.05) is 7.05 Å². The Labute approximate surface area is 99.8 Å². The summed E-state index contributed by atoms with van der Waals surface area (Å²) in [5, 5.41) is 8.90. The van der Waals surface area contributed by atoms with Gasteiger partial charge in [0.2, 0.25) is 0 Å². The van der Waals surface area contributed by atoms with Crippen LogP contribution in [0.25, 0.3) is 0 Å². The molecule has 2 rings (SSSR count). The molecular weight excluding hydrogens is 220 g/mol. The minimum Gasteiger partial charge on any atom is -0.489 e. The number of carboxylic acids is 1. The van der Waals surface area contributed by atoms with Crippen molar-refractivity contribution in [2.75, 3.05) is 25.1 Å². The Morgan fingerprint density at radius 3 is 3.06 bits per heavy atom. The summed E-state index contributed by atoms with van der Waals surface area (Å²) in [4.78, 5) is 12.9. The van der Waals surface area contributed by atoms with Gasteiger partial charge >= 0.3 is 5.97 Å². The van der Waals surface area contributed by atoms with E-state index in [0.717, 1.165) is 12.1 Å². The van der Waals surface area contributed by atoms with E-state index < -0.39 is 5.97 Å².